The van der Waals surface area contributed by atoms with Crippen LogP contribution in [0.5, 0.6) is 0 Å². The van der Waals surface area contributed by atoms with E-state index >= 15 is 0 Å². The second-order valence-corrected chi connectivity index (χ2v) is 3.10. The third kappa shape index (κ3) is 36.0. The van der Waals surface area contributed by atoms with Crippen LogP contribution in [0.3, 0.4) is 0 Å². The van der Waals surface area contributed by atoms with Crippen LogP contribution in [0.4, 0.5) is 4.79 Å². The third-order valence-corrected chi connectivity index (χ3v) is 0.850. The Bertz CT molecular complexity index is 196. The van der Waals surface area contributed by atoms with Gasteiger partial charge in [0.1, 0.15) is 6.42 Å². The number of carbonyl (C=O) groups is 3. The molecule has 0 unspecified atom stereocenters. The summed E-state index contributed by atoms with van der Waals surface area (Å²) in [5.74, 6) is -0.833. The first-order valence-corrected chi connectivity index (χ1v) is 6.78. The minimum absolute atomic E-state index is 0.0278. The van der Waals surface area contributed by atoms with Crippen LogP contribution in [0.15, 0.2) is 0 Å². The molecule has 0 N–H and O–H groups in total. The van der Waals surface area contributed by atoms with Crippen molar-refractivity contribution < 1.29 is 28.6 Å². The minimum Gasteiger partial charge on any atom is -0.438 e. The highest BCUT2D eigenvalue weighted by atomic mass is 16.7. The Morgan fingerprint density at radius 3 is 1.15 bits per heavy atom. The van der Waals surface area contributed by atoms with Crippen LogP contribution < -0.4 is 0 Å². The van der Waals surface area contributed by atoms with Crippen LogP contribution in [0.2, 0.25) is 0 Å². The quantitative estimate of drug-likeness (QED) is 0.500. The maximum Gasteiger partial charge on any atom is 0.507 e. The van der Waals surface area contributed by atoms with Gasteiger partial charge in [0, 0.05) is 0 Å². The van der Waals surface area contributed by atoms with Gasteiger partial charge in [0.15, 0.2) is 0 Å². The predicted octanol–water partition coefficient (Wildman–Crippen LogP) is 3.72. The van der Waals surface area contributed by atoms with Gasteiger partial charge in [-0.25, -0.2) is 4.79 Å². The van der Waals surface area contributed by atoms with E-state index < -0.39 is 18.1 Å². The summed E-state index contributed by atoms with van der Waals surface area (Å²) in [6, 6.07) is 0. The van der Waals surface area contributed by atoms with Crippen molar-refractivity contribution in [3.63, 3.8) is 0 Å². The van der Waals surface area contributed by atoms with E-state index in [4.69, 9.17) is 0 Å². The highest BCUT2D eigenvalue weighted by Gasteiger charge is 2.24. The zero-order chi connectivity index (χ0) is 17.0. The molecule has 0 spiro atoms. The summed E-state index contributed by atoms with van der Waals surface area (Å²) in [5, 5.41) is 0. The molecular formula is C14H30O6. The molecule has 0 bridgehead atoms. The van der Waals surface area contributed by atoms with Crippen molar-refractivity contribution in [1.82, 2.24) is 0 Å². The number of carbonyl (C=O) groups excluding carboxylic acids is 3. The maximum absolute atomic E-state index is 9.74. The first-order chi connectivity index (χ1) is 9.42. The van der Waals surface area contributed by atoms with Gasteiger partial charge in [-0.05, 0) is 0 Å². The van der Waals surface area contributed by atoms with E-state index in [0.717, 1.165) is 0 Å². The first-order valence-electron chi connectivity index (χ1n) is 6.78. The molecule has 0 radical (unpaired) electrons. The fraction of sp³-hybridized carbons (Fsp3) is 0.786. The Labute approximate surface area is 122 Å². The Hall–Kier alpha value is -1.59. The Morgan fingerprint density at radius 2 is 1.15 bits per heavy atom. The van der Waals surface area contributed by atoms with Crippen LogP contribution in [0.1, 0.15) is 60.8 Å². The lowest BCUT2D eigenvalue weighted by Gasteiger charge is -2.06. The molecule has 20 heavy (non-hydrogen) atoms. The molecule has 0 aromatic rings. The minimum atomic E-state index is -0.657. The van der Waals surface area contributed by atoms with E-state index in [1.165, 1.54) is 27.1 Å². The van der Waals surface area contributed by atoms with Crippen LogP contribution in [-0.4, -0.2) is 32.3 Å². The molecule has 0 atom stereocenters. The van der Waals surface area contributed by atoms with Crippen molar-refractivity contribution in [3.05, 3.63) is 0 Å². The lowest BCUT2D eigenvalue weighted by molar-refractivity contribution is -0.174. The van der Waals surface area contributed by atoms with Crippen LogP contribution >= 0.6 is 0 Å². The van der Waals surface area contributed by atoms with Gasteiger partial charge in [-0.2, -0.15) is 0 Å². The van der Waals surface area contributed by atoms with Crippen LogP contribution in [-0.2, 0) is 23.8 Å². The van der Waals surface area contributed by atoms with E-state index in [-0.39, 0.29) is 6.42 Å². The van der Waals surface area contributed by atoms with Gasteiger partial charge >= 0.3 is 18.1 Å². The number of rotatable bonds is 0. The van der Waals surface area contributed by atoms with E-state index in [1.54, 1.807) is 0 Å². The molecule has 0 aliphatic carbocycles. The van der Waals surface area contributed by atoms with E-state index in [0.29, 0.717) is 0 Å². The molecule has 0 amide bonds. The zero-order valence-electron chi connectivity index (χ0n) is 14.1. The standard InChI is InChI=1S/C3H2O3.C3H6O3.2C3H8.C2H6/c4-2-1-3(5)6-2;1-5-3(4)6-2;2*1-3-2;1-2/h1H2;1-2H3;2*3H2,1-2H3;1-2H3. The van der Waals surface area contributed by atoms with Gasteiger partial charge in [0.05, 0.1) is 14.2 Å². The fourth-order valence-corrected chi connectivity index (χ4v) is 0.320. The summed E-state index contributed by atoms with van der Waals surface area (Å²) in [5.41, 5.74) is 0. The molecule has 1 rings (SSSR count). The van der Waals surface area contributed by atoms with Gasteiger partial charge in [0.2, 0.25) is 0 Å². The summed E-state index contributed by atoms with van der Waals surface area (Å²) < 4.78 is 11.9. The predicted molar refractivity (Wildman–Crippen MR) is 78.4 cm³/mol. The summed E-state index contributed by atoms with van der Waals surface area (Å²) in [6.07, 6.45) is 1.81. The van der Waals surface area contributed by atoms with Crippen molar-refractivity contribution >= 4 is 18.1 Å². The molecule has 122 valence electrons. The molecule has 0 saturated carbocycles. The summed E-state index contributed by atoms with van der Waals surface area (Å²) >= 11 is 0. The van der Waals surface area contributed by atoms with E-state index in [9.17, 15) is 14.4 Å². The molecule has 1 aliphatic rings. The molecule has 6 heteroatoms. The Morgan fingerprint density at radius 1 is 0.950 bits per heavy atom. The monoisotopic (exact) mass is 294 g/mol. The van der Waals surface area contributed by atoms with Crippen LogP contribution in [0, 0.1) is 0 Å². The SMILES string of the molecule is CC.CCC.CCC.COC(=O)OC.O=C1CC(=O)O1. The maximum atomic E-state index is 9.74. The Balaban J connectivity index is -0.0000000861. The third-order valence-electron chi connectivity index (χ3n) is 0.850. The van der Waals surface area contributed by atoms with Gasteiger partial charge in [-0.15, -0.1) is 0 Å². The Kier molecular flexibility index (Phi) is 35.0. The van der Waals surface area contributed by atoms with Gasteiger partial charge in [-0.3, -0.25) is 9.59 Å². The lowest BCUT2D eigenvalue weighted by atomic mass is 10.4. The topological polar surface area (TPSA) is 78.9 Å². The molecular weight excluding hydrogens is 264 g/mol. The highest BCUT2D eigenvalue weighted by Crippen LogP contribution is 2.00. The number of hydrogen-bond acceptors (Lipinski definition) is 6. The molecule has 1 saturated heterocycles. The average molecular weight is 294 g/mol. The smallest absolute Gasteiger partial charge is 0.438 e. The molecule has 1 fully saturated rings. The molecule has 0 aromatic heterocycles. The van der Waals surface area contributed by atoms with E-state index in [1.807, 2.05) is 13.8 Å². The summed E-state index contributed by atoms with van der Waals surface area (Å²) in [7, 11) is 2.51. The van der Waals surface area contributed by atoms with Gasteiger partial charge in [-0.1, -0.05) is 54.4 Å². The normalized spacial score (nSPS) is 10.0. The van der Waals surface area contributed by atoms with E-state index in [2.05, 4.69) is 41.9 Å². The zero-order valence-corrected chi connectivity index (χ0v) is 14.1. The van der Waals surface area contributed by atoms with Crippen molar-refractivity contribution in [2.75, 3.05) is 14.2 Å². The van der Waals surface area contributed by atoms with Crippen molar-refractivity contribution in [3.8, 4) is 0 Å². The number of ether oxygens (including phenoxy) is 3. The van der Waals surface area contributed by atoms with Crippen molar-refractivity contribution in [1.29, 1.82) is 0 Å². The average Bonchev–Trinajstić information content (AvgIpc) is 2.41. The van der Waals surface area contributed by atoms with Crippen molar-refractivity contribution in [2.24, 2.45) is 0 Å². The number of methoxy groups -OCH3 is 2. The first kappa shape index (κ1) is 26.9. The fourth-order valence-electron chi connectivity index (χ4n) is 0.320. The molecule has 0 aromatic carbocycles. The second kappa shape index (κ2) is 26.1. The molecule has 1 aliphatic heterocycles. The highest BCUT2D eigenvalue weighted by molar-refractivity contribution is 6.06. The summed E-state index contributed by atoms with van der Waals surface area (Å²) in [6.45, 7) is 12.5. The number of cyclic esters (lactones) is 2. The van der Waals surface area contributed by atoms with Gasteiger partial charge in [0.25, 0.3) is 0 Å². The van der Waals surface area contributed by atoms with Gasteiger partial charge < -0.3 is 14.2 Å². The van der Waals surface area contributed by atoms with Crippen molar-refractivity contribution in [2.45, 2.75) is 60.8 Å². The second-order valence-electron chi connectivity index (χ2n) is 3.10. The largest absolute Gasteiger partial charge is 0.507 e. The summed E-state index contributed by atoms with van der Waals surface area (Å²) in [4.78, 5) is 29.1. The molecule has 1 heterocycles. The number of hydrogen-bond donors (Lipinski definition) is 0. The molecule has 6 nitrogen and oxygen atoms in total. The lowest BCUT2D eigenvalue weighted by Crippen LogP contribution is -2.26. The van der Waals surface area contributed by atoms with Crippen LogP contribution in [0.25, 0.3) is 0 Å². The number of esters is 2.